The lowest BCUT2D eigenvalue weighted by molar-refractivity contribution is 0.0928. The summed E-state index contributed by atoms with van der Waals surface area (Å²) in [5.74, 6) is -4.46. The van der Waals surface area contributed by atoms with Crippen molar-refractivity contribution in [2.75, 3.05) is 6.54 Å². The fourth-order valence-electron chi connectivity index (χ4n) is 1.34. The van der Waals surface area contributed by atoms with Gasteiger partial charge in [0.15, 0.2) is 0 Å². The van der Waals surface area contributed by atoms with Crippen molar-refractivity contribution in [2.45, 2.75) is 19.4 Å². The first kappa shape index (κ1) is 13.5. The summed E-state index contributed by atoms with van der Waals surface area (Å²) in [4.78, 5) is 11.6. The third-order valence-corrected chi connectivity index (χ3v) is 2.35. The monoisotopic (exact) mass is 246 g/mol. The predicted molar refractivity (Wildman–Crippen MR) is 56.9 cm³/mol. The highest BCUT2D eigenvalue weighted by atomic mass is 19.1. The summed E-state index contributed by atoms with van der Waals surface area (Å²) >= 11 is 0. The lowest BCUT2D eigenvalue weighted by Crippen LogP contribution is -2.40. The molecule has 0 aliphatic heterocycles. The van der Waals surface area contributed by atoms with Crippen LogP contribution in [0.3, 0.4) is 0 Å². The second-order valence-electron chi connectivity index (χ2n) is 3.56. The minimum Gasteiger partial charge on any atom is -0.348 e. The van der Waals surface area contributed by atoms with E-state index >= 15 is 0 Å². The number of nitrogens with two attached hydrogens (primary N) is 1. The zero-order chi connectivity index (χ0) is 13.0. The summed E-state index contributed by atoms with van der Waals surface area (Å²) in [6.45, 7) is 1.93. The Labute approximate surface area is 96.8 Å². The highest BCUT2D eigenvalue weighted by molar-refractivity contribution is 5.94. The molecule has 3 nitrogen and oxygen atoms in total. The maximum Gasteiger partial charge on any atom is 0.257 e. The minimum absolute atomic E-state index is 0.159. The van der Waals surface area contributed by atoms with Crippen molar-refractivity contribution in [3.63, 3.8) is 0 Å². The molecule has 0 radical (unpaired) electrons. The van der Waals surface area contributed by atoms with Gasteiger partial charge in [0.1, 0.15) is 23.0 Å². The summed E-state index contributed by atoms with van der Waals surface area (Å²) in [6.07, 6.45) is 0.534. The summed E-state index contributed by atoms with van der Waals surface area (Å²) in [7, 11) is 0. The molecule has 1 amide bonds. The van der Waals surface area contributed by atoms with E-state index in [0.717, 1.165) is 0 Å². The zero-order valence-corrected chi connectivity index (χ0v) is 9.27. The molecule has 6 heteroatoms. The number of benzene rings is 1. The smallest absolute Gasteiger partial charge is 0.257 e. The molecule has 0 fully saturated rings. The van der Waals surface area contributed by atoms with Gasteiger partial charge in [-0.05, 0) is 6.42 Å². The van der Waals surface area contributed by atoms with Crippen molar-refractivity contribution in [1.29, 1.82) is 0 Å². The molecule has 94 valence electrons. The maximum absolute atomic E-state index is 13.2. The number of amides is 1. The third-order valence-electron chi connectivity index (χ3n) is 2.35. The fraction of sp³-hybridized carbons (Fsp3) is 0.364. The lowest BCUT2D eigenvalue weighted by Gasteiger charge is -2.15. The normalized spacial score (nSPS) is 12.3. The van der Waals surface area contributed by atoms with Crippen LogP contribution in [0.25, 0.3) is 0 Å². The van der Waals surface area contributed by atoms with E-state index in [-0.39, 0.29) is 12.6 Å². The number of nitrogens with one attached hydrogen (secondary N) is 1. The van der Waals surface area contributed by atoms with E-state index in [4.69, 9.17) is 5.73 Å². The molecule has 3 N–H and O–H groups in total. The van der Waals surface area contributed by atoms with Crippen LogP contribution < -0.4 is 11.1 Å². The molecule has 0 saturated heterocycles. The number of hydrogen-bond donors (Lipinski definition) is 2. The Bertz CT molecular complexity index is 396. The van der Waals surface area contributed by atoms with Crippen LogP contribution in [0.1, 0.15) is 23.7 Å². The Morgan fingerprint density at radius 1 is 1.35 bits per heavy atom. The molecule has 17 heavy (non-hydrogen) atoms. The standard InChI is InChI=1S/C11H13F3N2O/c1-2-7(5-15)16-11(17)10-8(13)3-6(12)4-9(10)14/h3-4,7H,2,5,15H2,1H3,(H,16,17). The van der Waals surface area contributed by atoms with Gasteiger partial charge in [0.25, 0.3) is 5.91 Å². The van der Waals surface area contributed by atoms with Crippen LogP contribution in [0.5, 0.6) is 0 Å². The first-order valence-corrected chi connectivity index (χ1v) is 5.15. The number of halogens is 3. The van der Waals surface area contributed by atoms with Crippen LogP contribution in [0, 0.1) is 17.5 Å². The van der Waals surface area contributed by atoms with E-state index in [2.05, 4.69) is 5.32 Å². The molecule has 0 bridgehead atoms. The van der Waals surface area contributed by atoms with Crippen LogP contribution in [0.15, 0.2) is 12.1 Å². The zero-order valence-electron chi connectivity index (χ0n) is 9.27. The van der Waals surface area contributed by atoms with Gasteiger partial charge in [-0.3, -0.25) is 4.79 Å². The molecule has 1 rings (SSSR count). The lowest BCUT2D eigenvalue weighted by atomic mass is 10.1. The van der Waals surface area contributed by atoms with Gasteiger partial charge in [0.2, 0.25) is 0 Å². The number of hydrogen-bond acceptors (Lipinski definition) is 2. The number of carbonyl (C=O) groups is 1. The van der Waals surface area contributed by atoms with E-state index < -0.39 is 28.9 Å². The first-order valence-electron chi connectivity index (χ1n) is 5.15. The largest absolute Gasteiger partial charge is 0.348 e. The average molecular weight is 246 g/mol. The molecule has 1 aromatic rings. The molecule has 0 saturated carbocycles. The van der Waals surface area contributed by atoms with E-state index in [9.17, 15) is 18.0 Å². The van der Waals surface area contributed by atoms with Crippen LogP contribution in [-0.2, 0) is 0 Å². The fourth-order valence-corrected chi connectivity index (χ4v) is 1.34. The van der Waals surface area contributed by atoms with Crippen LogP contribution in [-0.4, -0.2) is 18.5 Å². The van der Waals surface area contributed by atoms with Crippen molar-refractivity contribution in [1.82, 2.24) is 5.32 Å². The topological polar surface area (TPSA) is 55.1 Å². The number of carbonyl (C=O) groups excluding carboxylic acids is 1. The molecule has 0 aliphatic carbocycles. The third kappa shape index (κ3) is 3.20. The first-order chi connectivity index (χ1) is 7.99. The van der Waals surface area contributed by atoms with Crippen molar-refractivity contribution in [3.8, 4) is 0 Å². The molecule has 1 atom stereocenters. The van der Waals surface area contributed by atoms with Crippen molar-refractivity contribution >= 4 is 5.91 Å². The van der Waals surface area contributed by atoms with Gasteiger partial charge in [-0.2, -0.15) is 0 Å². The molecular formula is C11H13F3N2O. The van der Waals surface area contributed by atoms with Gasteiger partial charge < -0.3 is 11.1 Å². The predicted octanol–water partition coefficient (Wildman–Crippen LogP) is 1.57. The van der Waals surface area contributed by atoms with Crippen molar-refractivity contribution < 1.29 is 18.0 Å². The molecule has 0 aliphatic rings. The summed E-state index contributed by atoms with van der Waals surface area (Å²) in [5.41, 5.74) is 4.55. The molecule has 1 unspecified atom stereocenters. The Hall–Kier alpha value is -1.56. The summed E-state index contributed by atoms with van der Waals surface area (Å²) in [6, 6.07) is 0.550. The van der Waals surface area contributed by atoms with Crippen LogP contribution >= 0.6 is 0 Å². The molecule has 0 spiro atoms. The maximum atomic E-state index is 13.2. The molecule has 1 aromatic carbocycles. The van der Waals surface area contributed by atoms with Gasteiger partial charge >= 0.3 is 0 Å². The number of rotatable bonds is 4. The summed E-state index contributed by atoms with van der Waals surface area (Å²) in [5, 5.41) is 2.37. The Kier molecular flexibility index (Phi) is 4.51. The molecule has 0 heterocycles. The Balaban J connectivity index is 2.96. The van der Waals surface area contributed by atoms with E-state index in [1.165, 1.54) is 0 Å². The minimum atomic E-state index is -1.23. The Morgan fingerprint density at radius 3 is 2.29 bits per heavy atom. The highest BCUT2D eigenvalue weighted by Gasteiger charge is 2.20. The molecular weight excluding hydrogens is 233 g/mol. The quantitative estimate of drug-likeness (QED) is 0.847. The Morgan fingerprint density at radius 2 is 1.88 bits per heavy atom. The van der Waals surface area contributed by atoms with E-state index in [0.29, 0.717) is 18.6 Å². The van der Waals surface area contributed by atoms with Crippen LogP contribution in [0.2, 0.25) is 0 Å². The van der Waals surface area contributed by atoms with Gasteiger partial charge in [-0.15, -0.1) is 0 Å². The van der Waals surface area contributed by atoms with Crippen LogP contribution in [0.4, 0.5) is 13.2 Å². The SMILES string of the molecule is CCC(CN)NC(=O)c1c(F)cc(F)cc1F. The van der Waals surface area contributed by atoms with Gasteiger partial charge in [0, 0.05) is 24.7 Å². The van der Waals surface area contributed by atoms with Gasteiger partial charge in [0.05, 0.1) is 0 Å². The van der Waals surface area contributed by atoms with Crippen molar-refractivity contribution in [3.05, 3.63) is 35.1 Å². The van der Waals surface area contributed by atoms with Crippen molar-refractivity contribution in [2.24, 2.45) is 5.73 Å². The summed E-state index contributed by atoms with van der Waals surface area (Å²) < 4.78 is 39.1. The second kappa shape index (κ2) is 5.67. The van der Waals surface area contributed by atoms with Gasteiger partial charge in [-0.25, -0.2) is 13.2 Å². The van der Waals surface area contributed by atoms with E-state index in [1.807, 2.05) is 0 Å². The highest BCUT2D eigenvalue weighted by Crippen LogP contribution is 2.14. The average Bonchev–Trinajstić information content (AvgIpc) is 2.24. The van der Waals surface area contributed by atoms with E-state index in [1.54, 1.807) is 6.92 Å². The van der Waals surface area contributed by atoms with Gasteiger partial charge in [-0.1, -0.05) is 6.92 Å². The second-order valence-corrected chi connectivity index (χ2v) is 3.56. The molecule has 0 aromatic heterocycles.